The van der Waals surface area contributed by atoms with Crippen molar-refractivity contribution in [2.75, 3.05) is 0 Å². The van der Waals surface area contributed by atoms with Gasteiger partial charge in [0.2, 0.25) is 9.84 Å². The van der Waals surface area contributed by atoms with Crippen LogP contribution in [0, 0.1) is 0 Å². The van der Waals surface area contributed by atoms with E-state index in [1.54, 1.807) is 12.1 Å². The molecule has 0 aliphatic heterocycles. The average molecular weight is 439 g/mol. The van der Waals surface area contributed by atoms with E-state index in [-0.39, 0.29) is 5.56 Å². The number of rotatable bonds is 4. The van der Waals surface area contributed by atoms with Gasteiger partial charge >= 0.3 is 5.76 Å². The normalized spacial score (nSPS) is 11.3. The third-order valence-electron chi connectivity index (χ3n) is 2.77. The van der Waals surface area contributed by atoms with Gasteiger partial charge in [0.15, 0.2) is 0 Å². The van der Waals surface area contributed by atoms with Gasteiger partial charge < -0.3 is 0 Å². The van der Waals surface area contributed by atoms with E-state index in [1.807, 2.05) is 5.43 Å². The van der Waals surface area contributed by atoms with Gasteiger partial charge in [0.1, 0.15) is 4.88 Å². The fourth-order valence-corrected chi connectivity index (χ4v) is 3.95. The lowest BCUT2D eigenvalue weighted by molar-refractivity contribution is 0.0847. The van der Waals surface area contributed by atoms with Gasteiger partial charge in [0.25, 0.3) is 11.8 Å². The number of carbonyl (C=O) groups excluding carboxylic acids is 2. The molecule has 128 valence electrons. The Hall–Kier alpha value is -1.85. The molecule has 2 rings (SSSR count). The highest BCUT2D eigenvalue weighted by Crippen LogP contribution is 2.26. The molecule has 24 heavy (non-hydrogen) atoms. The topological polar surface area (TPSA) is 92.3 Å². The van der Waals surface area contributed by atoms with Crippen molar-refractivity contribution in [2.45, 2.75) is 10.7 Å². The maximum atomic E-state index is 12.6. The number of nitrogens with one attached hydrogen (secondary N) is 2. The summed E-state index contributed by atoms with van der Waals surface area (Å²) in [4.78, 5) is 22.6. The van der Waals surface area contributed by atoms with Gasteiger partial charge in [-0.05, 0) is 35.7 Å². The van der Waals surface area contributed by atoms with Crippen LogP contribution in [0.15, 0.2) is 45.1 Å². The number of hydrazine groups is 1. The molecule has 1 heterocycles. The Labute approximate surface area is 147 Å². The molecule has 0 atom stereocenters. The number of sulfone groups is 1. The first kappa shape index (κ1) is 18.5. The van der Waals surface area contributed by atoms with Crippen LogP contribution in [0.4, 0.5) is 8.78 Å². The van der Waals surface area contributed by atoms with E-state index in [1.165, 1.54) is 17.5 Å². The zero-order valence-electron chi connectivity index (χ0n) is 11.6. The number of amides is 2. The van der Waals surface area contributed by atoms with Crippen molar-refractivity contribution < 1.29 is 26.8 Å². The Kier molecular flexibility index (Phi) is 5.67. The first-order chi connectivity index (χ1) is 11.2. The molecule has 2 amide bonds. The smallest absolute Gasteiger partial charge is 0.267 e. The van der Waals surface area contributed by atoms with Gasteiger partial charge in [0, 0.05) is 10.0 Å². The Balaban J connectivity index is 2.10. The molecule has 0 saturated heterocycles. The molecule has 0 aliphatic rings. The van der Waals surface area contributed by atoms with Crippen molar-refractivity contribution in [3.8, 4) is 0 Å². The summed E-state index contributed by atoms with van der Waals surface area (Å²) in [6, 6.07) is 7.12. The van der Waals surface area contributed by atoms with Crippen LogP contribution < -0.4 is 10.9 Å². The Bertz CT molecular complexity index is 866. The summed E-state index contributed by atoms with van der Waals surface area (Å²) < 4.78 is 48.9. The maximum Gasteiger partial charge on any atom is 0.341 e. The molecule has 0 saturated carbocycles. The van der Waals surface area contributed by atoms with Gasteiger partial charge in [-0.15, -0.1) is 11.3 Å². The number of benzene rings is 1. The Morgan fingerprint density at radius 3 is 2.21 bits per heavy atom. The molecule has 0 radical (unpaired) electrons. The maximum absolute atomic E-state index is 12.6. The Morgan fingerprint density at radius 2 is 1.62 bits per heavy atom. The highest BCUT2D eigenvalue weighted by atomic mass is 79.9. The van der Waals surface area contributed by atoms with Crippen molar-refractivity contribution in [3.63, 3.8) is 0 Å². The first-order valence-electron chi connectivity index (χ1n) is 6.19. The van der Waals surface area contributed by atoms with E-state index in [0.29, 0.717) is 11.3 Å². The third-order valence-corrected chi connectivity index (χ3v) is 5.77. The second-order valence-electron chi connectivity index (χ2n) is 4.33. The fraction of sp³-hybridized carbons (Fsp3) is 0.0769. The van der Waals surface area contributed by atoms with Crippen LogP contribution in [0.2, 0.25) is 0 Å². The highest BCUT2D eigenvalue weighted by Gasteiger charge is 2.32. The summed E-state index contributed by atoms with van der Waals surface area (Å²) in [6.45, 7) is 0. The molecular formula is C13H9BrF2N2O4S2. The van der Waals surface area contributed by atoms with Crippen molar-refractivity contribution in [3.05, 3.63) is 50.6 Å². The summed E-state index contributed by atoms with van der Waals surface area (Å²) in [7, 11) is -4.91. The van der Waals surface area contributed by atoms with Gasteiger partial charge in [0.05, 0.1) is 4.90 Å². The zero-order valence-corrected chi connectivity index (χ0v) is 14.8. The van der Waals surface area contributed by atoms with Crippen LogP contribution >= 0.6 is 27.3 Å². The van der Waals surface area contributed by atoms with Gasteiger partial charge in [-0.25, -0.2) is 8.42 Å². The lowest BCUT2D eigenvalue weighted by atomic mass is 10.2. The van der Waals surface area contributed by atoms with E-state index in [2.05, 4.69) is 21.4 Å². The lowest BCUT2D eigenvalue weighted by Gasteiger charge is -2.08. The van der Waals surface area contributed by atoms with Gasteiger partial charge in [-0.3, -0.25) is 20.4 Å². The minimum absolute atomic E-state index is 0.241. The summed E-state index contributed by atoms with van der Waals surface area (Å²) >= 11 is 3.87. The van der Waals surface area contributed by atoms with Crippen molar-refractivity contribution in [2.24, 2.45) is 0 Å². The Morgan fingerprint density at radius 1 is 1.04 bits per heavy atom. The second kappa shape index (κ2) is 7.36. The lowest BCUT2D eigenvalue weighted by Crippen LogP contribution is -2.41. The van der Waals surface area contributed by atoms with E-state index in [4.69, 9.17) is 0 Å². The molecule has 2 aromatic rings. The molecule has 2 N–H and O–H groups in total. The number of hydrogen-bond acceptors (Lipinski definition) is 5. The molecule has 11 heteroatoms. The summed E-state index contributed by atoms with van der Waals surface area (Å²) in [5.41, 5.74) is 4.33. The number of hydrogen-bond donors (Lipinski definition) is 2. The molecule has 0 spiro atoms. The summed E-state index contributed by atoms with van der Waals surface area (Å²) in [5, 5.41) is 1.20. The number of carbonyl (C=O) groups is 2. The molecule has 6 nitrogen and oxygen atoms in total. The number of alkyl halides is 2. The zero-order chi connectivity index (χ0) is 17.9. The predicted octanol–water partition coefficient (Wildman–Crippen LogP) is 2.58. The van der Waals surface area contributed by atoms with Crippen LogP contribution in [0.25, 0.3) is 0 Å². The van der Waals surface area contributed by atoms with Crippen molar-refractivity contribution in [1.29, 1.82) is 0 Å². The minimum Gasteiger partial charge on any atom is -0.267 e. The van der Waals surface area contributed by atoms with Crippen molar-refractivity contribution >= 4 is 48.9 Å². The second-order valence-corrected chi connectivity index (χ2v) is 8.05. The average Bonchev–Trinajstić information content (AvgIpc) is 3.03. The molecule has 0 unspecified atom stereocenters. The van der Waals surface area contributed by atoms with Gasteiger partial charge in [-0.2, -0.15) is 8.78 Å². The number of thiophene rings is 1. The third kappa shape index (κ3) is 3.97. The van der Waals surface area contributed by atoms with Crippen molar-refractivity contribution in [1.82, 2.24) is 10.9 Å². The van der Waals surface area contributed by atoms with Crippen LogP contribution in [-0.4, -0.2) is 26.0 Å². The fourth-order valence-electron chi connectivity index (χ4n) is 1.63. The molecule has 1 aromatic carbocycles. The quantitative estimate of drug-likeness (QED) is 0.717. The monoisotopic (exact) mass is 438 g/mol. The SMILES string of the molecule is O=C(NNC(=O)c1sccc1S(=O)(=O)C(F)F)c1ccc(Br)cc1. The van der Waals surface area contributed by atoms with E-state index >= 15 is 0 Å². The molecule has 0 fully saturated rings. The summed E-state index contributed by atoms with van der Waals surface area (Å²) in [6.07, 6.45) is 0. The van der Waals surface area contributed by atoms with Crippen LogP contribution in [0.3, 0.4) is 0 Å². The number of halogens is 3. The van der Waals surface area contributed by atoms with Gasteiger partial charge in [-0.1, -0.05) is 15.9 Å². The molecule has 0 bridgehead atoms. The van der Waals surface area contributed by atoms with E-state index in [9.17, 15) is 26.8 Å². The minimum atomic E-state index is -4.91. The molecule has 0 aliphatic carbocycles. The van der Waals surface area contributed by atoms with Crippen LogP contribution in [0.5, 0.6) is 0 Å². The molecular weight excluding hydrogens is 430 g/mol. The molecule has 1 aromatic heterocycles. The van der Waals surface area contributed by atoms with E-state index in [0.717, 1.165) is 10.5 Å². The standard InChI is InChI=1S/C13H9BrF2N2O4S2/c14-8-3-1-7(2-4-8)11(19)17-18-12(20)10-9(5-6-23-10)24(21,22)13(15)16/h1-6,13H,(H,17,19)(H,18,20). The largest absolute Gasteiger partial charge is 0.341 e. The summed E-state index contributed by atoms with van der Waals surface area (Å²) in [5.74, 6) is -5.30. The van der Waals surface area contributed by atoms with Crippen LogP contribution in [-0.2, 0) is 9.84 Å². The first-order valence-corrected chi connectivity index (χ1v) is 9.41. The van der Waals surface area contributed by atoms with Crippen LogP contribution in [0.1, 0.15) is 20.0 Å². The highest BCUT2D eigenvalue weighted by molar-refractivity contribution is 9.10. The predicted molar refractivity (Wildman–Crippen MR) is 86.6 cm³/mol. The van der Waals surface area contributed by atoms with E-state index < -0.39 is 37.2 Å².